The Balaban J connectivity index is 0.00000147. The molecule has 5 heteroatoms. The number of amides is 1. The molecular formula is C15H17ClN2OS. The Morgan fingerprint density at radius 3 is 3.00 bits per heavy atom. The Hall–Kier alpha value is -1.36. The van der Waals surface area contributed by atoms with Gasteiger partial charge in [0.2, 0.25) is 0 Å². The number of carbonyl (C=O) groups excluding carboxylic acids is 1. The van der Waals surface area contributed by atoms with E-state index in [0.717, 1.165) is 18.5 Å². The average molecular weight is 309 g/mol. The highest BCUT2D eigenvalue weighted by atomic mass is 35.5. The largest absolute Gasteiger partial charge is 0.350 e. The van der Waals surface area contributed by atoms with Gasteiger partial charge in [0, 0.05) is 23.5 Å². The van der Waals surface area contributed by atoms with E-state index < -0.39 is 0 Å². The minimum Gasteiger partial charge on any atom is -0.350 e. The van der Waals surface area contributed by atoms with Crippen molar-refractivity contribution in [1.29, 1.82) is 0 Å². The SMILES string of the molecule is Cl.O=C(NCC1NCCc2ccccc21)c1ccsc1. The van der Waals surface area contributed by atoms with Crippen LogP contribution >= 0.6 is 23.7 Å². The van der Waals surface area contributed by atoms with E-state index in [1.54, 1.807) is 11.3 Å². The highest BCUT2D eigenvalue weighted by Crippen LogP contribution is 2.21. The number of fused-ring (bicyclic) bond motifs is 1. The summed E-state index contributed by atoms with van der Waals surface area (Å²) in [6, 6.07) is 10.5. The van der Waals surface area contributed by atoms with Crippen LogP contribution in [0.2, 0.25) is 0 Å². The van der Waals surface area contributed by atoms with Gasteiger partial charge in [-0.2, -0.15) is 11.3 Å². The Morgan fingerprint density at radius 1 is 1.35 bits per heavy atom. The average Bonchev–Trinajstić information content (AvgIpc) is 2.99. The summed E-state index contributed by atoms with van der Waals surface area (Å²) in [6.45, 7) is 1.60. The molecule has 3 rings (SSSR count). The zero-order valence-electron chi connectivity index (χ0n) is 11.0. The second kappa shape index (κ2) is 6.88. The number of hydrogen-bond acceptors (Lipinski definition) is 3. The lowest BCUT2D eigenvalue weighted by Gasteiger charge is -2.27. The summed E-state index contributed by atoms with van der Waals surface area (Å²) in [7, 11) is 0. The van der Waals surface area contributed by atoms with E-state index in [0.29, 0.717) is 6.54 Å². The van der Waals surface area contributed by atoms with Gasteiger partial charge in [-0.05, 0) is 35.5 Å². The molecule has 0 saturated heterocycles. The molecule has 1 amide bonds. The molecule has 0 aliphatic carbocycles. The van der Waals surface area contributed by atoms with Crippen LogP contribution in [0.1, 0.15) is 27.5 Å². The molecule has 2 N–H and O–H groups in total. The molecule has 0 bridgehead atoms. The quantitative estimate of drug-likeness (QED) is 0.915. The number of thiophene rings is 1. The Morgan fingerprint density at radius 2 is 2.20 bits per heavy atom. The van der Waals surface area contributed by atoms with E-state index in [1.807, 2.05) is 16.8 Å². The Bertz CT molecular complexity index is 571. The zero-order chi connectivity index (χ0) is 13.1. The molecule has 1 aromatic carbocycles. The van der Waals surface area contributed by atoms with Crippen molar-refractivity contribution < 1.29 is 4.79 Å². The first kappa shape index (κ1) is 15.0. The lowest BCUT2D eigenvalue weighted by atomic mass is 9.94. The first-order valence-electron chi connectivity index (χ1n) is 6.46. The van der Waals surface area contributed by atoms with Gasteiger partial charge < -0.3 is 10.6 Å². The van der Waals surface area contributed by atoms with Crippen LogP contribution in [0, 0.1) is 0 Å². The first-order chi connectivity index (χ1) is 9.34. The number of rotatable bonds is 3. The fourth-order valence-corrected chi connectivity index (χ4v) is 3.10. The third-order valence-electron chi connectivity index (χ3n) is 3.47. The summed E-state index contributed by atoms with van der Waals surface area (Å²) in [5, 5.41) is 10.3. The summed E-state index contributed by atoms with van der Waals surface area (Å²) in [4.78, 5) is 11.9. The normalized spacial score (nSPS) is 16.9. The maximum Gasteiger partial charge on any atom is 0.252 e. The minimum atomic E-state index is 0. The van der Waals surface area contributed by atoms with Crippen LogP contribution in [-0.2, 0) is 6.42 Å². The molecule has 2 aromatic rings. The molecule has 1 aliphatic rings. The van der Waals surface area contributed by atoms with Crippen LogP contribution < -0.4 is 10.6 Å². The van der Waals surface area contributed by atoms with Gasteiger partial charge in [-0.15, -0.1) is 12.4 Å². The minimum absolute atomic E-state index is 0. The summed E-state index contributed by atoms with van der Waals surface area (Å²) >= 11 is 1.54. The van der Waals surface area contributed by atoms with Crippen LogP contribution in [0.15, 0.2) is 41.1 Å². The van der Waals surface area contributed by atoms with Crippen molar-refractivity contribution in [1.82, 2.24) is 10.6 Å². The molecule has 2 heterocycles. The number of halogens is 1. The van der Waals surface area contributed by atoms with Gasteiger partial charge in [0.15, 0.2) is 0 Å². The van der Waals surface area contributed by atoms with Gasteiger partial charge in [-0.1, -0.05) is 24.3 Å². The summed E-state index contributed by atoms with van der Waals surface area (Å²) in [5.74, 6) is 0.00565. The third kappa shape index (κ3) is 3.20. The molecule has 0 saturated carbocycles. The lowest BCUT2D eigenvalue weighted by Crippen LogP contribution is -2.38. The Labute approximate surface area is 128 Å². The van der Waals surface area contributed by atoms with Crippen molar-refractivity contribution >= 4 is 29.7 Å². The first-order valence-corrected chi connectivity index (χ1v) is 7.40. The lowest BCUT2D eigenvalue weighted by molar-refractivity contribution is 0.0949. The van der Waals surface area contributed by atoms with Gasteiger partial charge >= 0.3 is 0 Å². The molecule has 1 unspecified atom stereocenters. The molecule has 0 radical (unpaired) electrons. The van der Waals surface area contributed by atoms with Gasteiger partial charge in [-0.3, -0.25) is 4.79 Å². The van der Waals surface area contributed by atoms with Crippen molar-refractivity contribution in [3.05, 3.63) is 57.8 Å². The van der Waals surface area contributed by atoms with Crippen LogP contribution in [0.4, 0.5) is 0 Å². The molecule has 1 aromatic heterocycles. The van der Waals surface area contributed by atoms with Crippen molar-refractivity contribution in [2.24, 2.45) is 0 Å². The number of nitrogens with one attached hydrogen (secondary N) is 2. The highest BCUT2D eigenvalue weighted by molar-refractivity contribution is 7.08. The highest BCUT2D eigenvalue weighted by Gasteiger charge is 2.19. The van der Waals surface area contributed by atoms with Crippen molar-refractivity contribution in [3.63, 3.8) is 0 Å². The van der Waals surface area contributed by atoms with Crippen molar-refractivity contribution in [2.75, 3.05) is 13.1 Å². The fourth-order valence-electron chi connectivity index (χ4n) is 2.47. The van der Waals surface area contributed by atoms with Crippen LogP contribution in [0.3, 0.4) is 0 Å². The van der Waals surface area contributed by atoms with Crippen molar-refractivity contribution in [2.45, 2.75) is 12.5 Å². The fraction of sp³-hybridized carbons (Fsp3) is 0.267. The topological polar surface area (TPSA) is 41.1 Å². The van der Waals surface area contributed by atoms with E-state index in [9.17, 15) is 4.79 Å². The zero-order valence-corrected chi connectivity index (χ0v) is 12.6. The predicted octanol–water partition coefficient (Wildman–Crippen LogP) is 2.79. The van der Waals surface area contributed by atoms with Gasteiger partial charge in [-0.25, -0.2) is 0 Å². The van der Waals surface area contributed by atoms with E-state index in [2.05, 4.69) is 34.9 Å². The molecule has 20 heavy (non-hydrogen) atoms. The molecule has 1 aliphatic heterocycles. The van der Waals surface area contributed by atoms with E-state index in [1.165, 1.54) is 11.1 Å². The summed E-state index contributed by atoms with van der Waals surface area (Å²) in [6.07, 6.45) is 1.06. The summed E-state index contributed by atoms with van der Waals surface area (Å²) in [5.41, 5.74) is 3.43. The number of hydrogen-bond donors (Lipinski definition) is 2. The predicted molar refractivity (Wildman–Crippen MR) is 84.8 cm³/mol. The third-order valence-corrected chi connectivity index (χ3v) is 4.15. The number of benzene rings is 1. The van der Waals surface area contributed by atoms with E-state index in [4.69, 9.17) is 0 Å². The van der Waals surface area contributed by atoms with Crippen LogP contribution in [0.25, 0.3) is 0 Å². The van der Waals surface area contributed by atoms with Crippen LogP contribution in [0.5, 0.6) is 0 Å². The van der Waals surface area contributed by atoms with Gasteiger partial charge in [0.25, 0.3) is 5.91 Å². The van der Waals surface area contributed by atoms with Gasteiger partial charge in [0.05, 0.1) is 0 Å². The Kier molecular flexibility index (Phi) is 5.17. The monoisotopic (exact) mass is 308 g/mol. The maximum absolute atomic E-state index is 11.9. The smallest absolute Gasteiger partial charge is 0.252 e. The second-order valence-corrected chi connectivity index (χ2v) is 5.46. The number of carbonyl (C=O) groups is 1. The standard InChI is InChI=1S/C15H16N2OS.ClH/c18-15(12-6-8-19-10-12)17-9-14-13-4-2-1-3-11(13)5-7-16-14;/h1-4,6,8,10,14,16H,5,7,9H2,(H,17,18);1H. The molecule has 0 spiro atoms. The molecule has 0 fully saturated rings. The van der Waals surface area contributed by atoms with E-state index in [-0.39, 0.29) is 24.4 Å². The molecule has 106 valence electrons. The summed E-state index contributed by atoms with van der Waals surface area (Å²) < 4.78 is 0. The van der Waals surface area contributed by atoms with Crippen molar-refractivity contribution in [3.8, 4) is 0 Å². The van der Waals surface area contributed by atoms with Gasteiger partial charge in [0.1, 0.15) is 0 Å². The molecule has 3 nitrogen and oxygen atoms in total. The van der Waals surface area contributed by atoms with E-state index >= 15 is 0 Å². The maximum atomic E-state index is 11.9. The molecule has 1 atom stereocenters. The van der Waals surface area contributed by atoms with Crippen LogP contribution in [-0.4, -0.2) is 19.0 Å². The second-order valence-electron chi connectivity index (χ2n) is 4.68. The molecular weight excluding hydrogens is 292 g/mol.